The van der Waals surface area contributed by atoms with Gasteiger partial charge in [0.05, 0.1) is 39.8 Å². The summed E-state index contributed by atoms with van der Waals surface area (Å²) in [6, 6.07) is 10.9. The molecule has 2 aliphatic heterocycles. The highest BCUT2D eigenvalue weighted by Gasteiger charge is 2.40. The first-order chi connectivity index (χ1) is 34.1. The van der Waals surface area contributed by atoms with Crippen molar-refractivity contribution in [3.8, 4) is 23.0 Å². The number of benzene rings is 4. The van der Waals surface area contributed by atoms with Crippen LogP contribution in [0, 0.1) is 58.2 Å². The van der Waals surface area contributed by atoms with E-state index in [2.05, 4.69) is 9.97 Å². The highest BCUT2D eigenvalue weighted by Crippen LogP contribution is 2.34. The Morgan fingerprint density at radius 3 is 1.18 bits per heavy atom. The molecule has 14 nitrogen and oxygen atoms in total. The number of methoxy groups -OCH3 is 4. The molecule has 8 rings (SSSR count). The first kappa shape index (κ1) is 53.8. The van der Waals surface area contributed by atoms with Crippen molar-refractivity contribution in [3.05, 3.63) is 128 Å². The lowest BCUT2D eigenvalue weighted by atomic mass is 10.1. The SMILES string of the molecule is COc1cc(Cc2csc(N3CCN(S(=O)(=O)c4c(F)c(F)c(F)c(F)c4F)CC3)n2)cc(OC)c1.COc1ccc(Cc2csc(N3CCN(S(=O)(=O)c4c(F)c(F)c(F)c(F)c4F)CC3)n2)cc1OC. The van der Waals surface area contributed by atoms with Crippen LogP contribution in [-0.4, -0.2) is 116 Å². The number of hydrogen-bond donors (Lipinski definition) is 0. The van der Waals surface area contributed by atoms with Crippen LogP contribution in [-0.2, 0) is 32.9 Å². The Morgan fingerprint density at radius 1 is 0.458 bits per heavy atom. The van der Waals surface area contributed by atoms with Gasteiger partial charge in [0.25, 0.3) is 0 Å². The number of aromatic nitrogens is 2. The van der Waals surface area contributed by atoms with Gasteiger partial charge in [-0.25, -0.2) is 70.7 Å². The van der Waals surface area contributed by atoms with Crippen LogP contribution in [0.15, 0.2) is 56.9 Å². The Labute approximate surface area is 413 Å². The van der Waals surface area contributed by atoms with Gasteiger partial charge in [0, 0.05) is 82.0 Å². The van der Waals surface area contributed by atoms with Crippen molar-refractivity contribution in [2.45, 2.75) is 22.6 Å². The number of halogens is 10. The Morgan fingerprint density at radius 2 is 0.819 bits per heavy atom. The minimum absolute atomic E-state index is 0.106. The molecule has 0 amide bonds. The molecule has 2 aromatic heterocycles. The van der Waals surface area contributed by atoms with E-state index < -0.39 is 88.0 Å². The average Bonchev–Trinajstić information content (AvgIpc) is 4.06. The van der Waals surface area contributed by atoms with Gasteiger partial charge >= 0.3 is 0 Å². The summed E-state index contributed by atoms with van der Waals surface area (Å²) < 4.78 is 211. The summed E-state index contributed by atoms with van der Waals surface area (Å²) >= 11 is 2.67. The third-order valence-electron chi connectivity index (χ3n) is 11.3. The molecule has 2 aliphatic rings. The lowest BCUT2D eigenvalue weighted by Gasteiger charge is -2.33. The molecule has 0 saturated carbocycles. The zero-order valence-corrected chi connectivity index (χ0v) is 41.3. The number of sulfonamides is 2. The largest absolute Gasteiger partial charge is 0.497 e. The number of piperazine rings is 2. The van der Waals surface area contributed by atoms with Crippen LogP contribution < -0.4 is 28.7 Å². The van der Waals surface area contributed by atoms with E-state index in [0.717, 1.165) is 22.5 Å². The molecule has 4 aromatic carbocycles. The van der Waals surface area contributed by atoms with Gasteiger partial charge in [-0.1, -0.05) is 6.07 Å². The zero-order chi connectivity index (χ0) is 52.4. The average molecular weight is 1100 g/mol. The van der Waals surface area contributed by atoms with Crippen molar-refractivity contribution in [1.82, 2.24) is 18.6 Å². The van der Waals surface area contributed by atoms with Crippen molar-refractivity contribution in [3.63, 3.8) is 0 Å². The molecule has 0 N–H and O–H groups in total. The number of rotatable bonds is 14. The van der Waals surface area contributed by atoms with E-state index in [1.54, 1.807) is 43.3 Å². The Kier molecular flexibility index (Phi) is 16.5. The molecule has 4 heterocycles. The van der Waals surface area contributed by atoms with Gasteiger partial charge in [-0.05, 0) is 35.4 Å². The first-order valence-corrected chi connectivity index (χ1v) is 25.6. The maximum atomic E-state index is 14.1. The van der Waals surface area contributed by atoms with Gasteiger partial charge in [0.1, 0.15) is 11.5 Å². The highest BCUT2D eigenvalue weighted by molar-refractivity contribution is 7.89. The van der Waals surface area contributed by atoms with Crippen LogP contribution in [0.25, 0.3) is 0 Å². The number of anilines is 2. The maximum absolute atomic E-state index is 14.1. The van der Waals surface area contributed by atoms with Crippen molar-refractivity contribution in [2.24, 2.45) is 0 Å². The molecule has 0 aliphatic carbocycles. The van der Waals surface area contributed by atoms with Gasteiger partial charge in [0.15, 0.2) is 78.1 Å². The van der Waals surface area contributed by atoms with E-state index in [1.807, 2.05) is 35.0 Å². The fourth-order valence-electron chi connectivity index (χ4n) is 7.54. The molecule has 0 bridgehead atoms. The van der Waals surface area contributed by atoms with Gasteiger partial charge in [-0.2, -0.15) is 8.61 Å². The molecule has 6 aromatic rings. The lowest BCUT2D eigenvalue weighted by molar-refractivity contribution is 0.344. The second kappa shape index (κ2) is 22.0. The summed E-state index contributed by atoms with van der Waals surface area (Å²) in [7, 11) is -3.77. The molecule has 0 atom stereocenters. The van der Waals surface area contributed by atoms with Gasteiger partial charge < -0.3 is 28.7 Å². The number of thiazole rings is 2. The predicted octanol–water partition coefficient (Wildman–Crippen LogP) is 7.92. The van der Waals surface area contributed by atoms with Crippen LogP contribution in [0.2, 0.25) is 0 Å². The molecule has 0 radical (unpaired) electrons. The molecule has 0 spiro atoms. The molecule has 2 fully saturated rings. The summed E-state index contributed by atoms with van der Waals surface area (Å²) in [5.74, 6) is -21.2. The smallest absolute Gasteiger partial charge is 0.249 e. The number of nitrogens with zero attached hydrogens (tertiary/aromatic N) is 6. The van der Waals surface area contributed by atoms with Crippen LogP contribution in [0.5, 0.6) is 23.0 Å². The van der Waals surface area contributed by atoms with E-state index in [4.69, 9.17) is 18.9 Å². The topological polar surface area (TPSA) is 144 Å². The van der Waals surface area contributed by atoms with Crippen LogP contribution in [0.3, 0.4) is 0 Å². The van der Waals surface area contributed by atoms with Crippen molar-refractivity contribution < 1.29 is 79.7 Å². The molecule has 72 heavy (non-hydrogen) atoms. The fourth-order valence-corrected chi connectivity index (χ4v) is 12.4. The summed E-state index contributed by atoms with van der Waals surface area (Å²) in [6.45, 7) is -0.495. The van der Waals surface area contributed by atoms with E-state index in [1.165, 1.54) is 29.8 Å². The molecule has 28 heteroatoms. The summed E-state index contributed by atoms with van der Waals surface area (Å²) in [4.78, 5) is 9.03. The molecular formula is C44H40F10N6O8S4. The minimum Gasteiger partial charge on any atom is -0.497 e. The second-order valence-corrected chi connectivity index (χ2v) is 21.0. The minimum atomic E-state index is -4.97. The molecule has 388 valence electrons. The van der Waals surface area contributed by atoms with Gasteiger partial charge in [-0.3, -0.25) is 0 Å². The van der Waals surface area contributed by atoms with E-state index in [-0.39, 0.29) is 52.4 Å². The van der Waals surface area contributed by atoms with Gasteiger partial charge in [-0.15, -0.1) is 22.7 Å². The summed E-state index contributed by atoms with van der Waals surface area (Å²) in [5, 5.41) is 4.91. The van der Waals surface area contributed by atoms with Crippen LogP contribution in [0.4, 0.5) is 54.2 Å². The summed E-state index contributed by atoms with van der Waals surface area (Å²) in [5.41, 5.74) is 3.35. The monoisotopic (exact) mass is 1100 g/mol. The molecular weight excluding hydrogens is 1060 g/mol. The van der Waals surface area contributed by atoms with Crippen molar-refractivity contribution in [2.75, 3.05) is 90.6 Å². The first-order valence-electron chi connectivity index (χ1n) is 21.0. The fraction of sp³-hybridized carbons (Fsp3) is 0.318. The van der Waals surface area contributed by atoms with E-state index in [0.29, 0.717) is 54.7 Å². The van der Waals surface area contributed by atoms with Crippen LogP contribution in [0.1, 0.15) is 22.5 Å². The standard InChI is InChI=1S/2C22H20F5N3O4S2/c1-33-14-8-12(9-15(10-14)34-2)7-13-11-35-22(28-13)29-3-5-30(6-4-29)36(31,32)21-19(26)17(24)16(23)18(25)20(21)27;1-33-14-4-3-12(10-15(14)34-2)9-13-11-35-22(28-13)29-5-7-30(8-6-29)36(31,32)21-19(26)17(24)16(23)18(25)20(21)27/h8-11H,3-7H2,1-2H3;3-4,10-11H,5-9H2,1-2H3. The third kappa shape index (κ3) is 10.9. The molecule has 2 saturated heterocycles. The van der Waals surface area contributed by atoms with Crippen molar-refractivity contribution >= 4 is 53.0 Å². The van der Waals surface area contributed by atoms with Crippen molar-refractivity contribution in [1.29, 1.82) is 0 Å². The normalized spacial score (nSPS) is 14.8. The van der Waals surface area contributed by atoms with E-state index >= 15 is 0 Å². The highest BCUT2D eigenvalue weighted by atomic mass is 32.2. The lowest BCUT2D eigenvalue weighted by Crippen LogP contribution is -2.49. The molecule has 0 unspecified atom stereocenters. The Hall–Kier alpha value is -5.94. The van der Waals surface area contributed by atoms with Gasteiger partial charge in [0.2, 0.25) is 31.7 Å². The quantitative estimate of drug-likeness (QED) is 0.0594. The Balaban J connectivity index is 0.000000211. The van der Waals surface area contributed by atoms with Crippen LogP contribution >= 0.6 is 22.7 Å². The number of hydrogen-bond acceptors (Lipinski definition) is 14. The van der Waals surface area contributed by atoms with E-state index in [9.17, 15) is 60.7 Å². The summed E-state index contributed by atoms with van der Waals surface area (Å²) in [6.07, 6.45) is 0.990. The predicted molar refractivity (Wildman–Crippen MR) is 243 cm³/mol. The maximum Gasteiger partial charge on any atom is 0.249 e. The second-order valence-electron chi connectivity index (χ2n) is 15.6. The third-order valence-corrected chi connectivity index (χ3v) is 17.0. The Bertz CT molecular complexity index is 3130. The number of ether oxygens (including phenoxy) is 4. The zero-order valence-electron chi connectivity index (χ0n) is 38.1.